The molecule has 1 unspecified atom stereocenters. The maximum absolute atomic E-state index is 11.5. The molecule has 0 radical (unpaired) electrons. The number of ketones is 1. The molecule has 1 rings (SSSR count). The molecular weight excluding hydrogens is 264 g/mol. The molecule has 3 heteroatoms. The van der Waals surface area contributed by atoms with E-state index in [1.807, 2.05) is 12.1 Å². The van der Waals surface area contributed by atoms with Crippen LogP contribution in [0.3, 0.4) is 0 Å². The van der Waals surface area contributed by atoms with Crippen molar-refractivity contribution in [1.82, 2.24) is 0 Å². The Kier molecular flexibility index (Phi) is 8.06. The predicted molar refractivity (Wildman–Crippen MR) is 86.0 cm³/mol. The number of hydrogen-bond donors (Lipinski definition) is 0. The van der Waals surface area contributed by atoms with Gasteiger partial charge in [-0.25, -0.2) is 0 Å². The zero-order valence-electron chi connectivity index (χ0n) is 13.8. The minimum atomic E-state index is 0.0632. The maximum atomic E-state index is 11.5. The van der Waals surface area contributed by atoms with Gasteiger partial charge in [-0.1, -0.05) is 33.1 Å². The monoisotopic (exact) mass is 292 g/mol. The van der Waals surface area contributed by atoms with E-state index in [1.165, 1.54) is 19.3 Å². The topological polar surface area (TPSA) is 35.5 Å². The quantitative estimate of drug-likeness (QED) is 0.590. The van der Waals surface area contributed by atoms with Gasteiger partial charge in [0.05, 0.1) is 13.7 Å². The molecule has 0 aromatic heterocycles. The fourth-order valence-corrected chi connectivity index (χ4v) is 2.34. The summed E-state index contributed by atoms with van der Waals surface area (Å²) < 4.78 is 11.2. The van der Waals surface area contributed by atoms with E-state index in [4.69, 9.17) is 9.47 Å². The van der Waals surface area contributed by atoms with Crippen LogP contribution in [0.4, 0.5) is 0 Å². The molecule has 0 saturated heterocycles. The van der Waals surface area contributed by atoms with Crippen molar-refractivity contribution >= 4 is 5.78 Å². The average molecular weight is 292 g/mol. The van der Waals surface area contributed by atoms with Crippen molar-refractivity contribution in [2.75, 3.05) is 13.7 Å². The van der Waals surface area contributed by atoms with E-state index < -0.39 is 0 Å². The molecule has 0 aliphatic carbocycles. The van der Waals surface area contributed by atoms with E-state index in [2.05, 4.69) is 13.8 Å². The van der Waals surface area contributed by atoms with Gasteiger partial charge < -0.3 is 9.47 Å². The molecule has 118 valence electrons. The van der Waals surface area contributed by atoms with Gasteiger partial charge in [-0.05, 0) is 37.5 Å². The number of benzene rings is 1. The van der Waals surface area contributed by atoms with E-state index in [9.17, 15) is 4.79 Å². The number of methoxy groups -OCH3 is 1. The second kappa shape index (κ2) is 9.56. The summed E-state index contributed by atoms with van der Waals surface area (Å²) in [6.07, 6.45) is 4.85. The molecule has 0 aliphatic heterocycles. The standard InChI is InChI=1S/C18H28O3/c1-5-7-8-15(6-2)12-21-13-17-11-16(14(3)19)9-10-18(17)20-4/h9-11,15H,5-8,12-13H2,1-4H3. The zero-order valence-corrected chi connectivity index (χ0v) is 13.8. The number of ether oxygens (including phenoxy) is 2. The Morgan fingerprint density at radius 3 is 2.62 bits per heavy atom. The number of carbonyl (C=O) groups is 1. The van der Waals surface area contributed by atoms with Gasteiger partial charge in [0.1, 0.15) is 5.75 Å². The van der Waals surface area contributed by atoms with Crippen LogP contribution in [-0.2, 0) is 11.3 Å². The Balaban J connectivity index is 2.60. The predicted octanol–water partition coefficient (Wildman–Crippen LogP) is 4.63. The Hall–Kier alpha value is -1.35. The van der Waals surface area contributed by atoms with Crippen LogP contribution in [0.1, 0.15) is 62.4 Å². The van der Waals surface area contributed by atoms with Crippen LogP contribution < -0.4 is 4.74 Å². The number of rotatable bonds is 10. The molecule has 1 aromatic carbocycles. The van der Waals surface area contributed by atoms with Crippen LogP contribution in [0.15, 0.2) is 18.2 Å². The third-order valence-corrected chi connectivity index (χ3v) is 3.84. The van der Waals surface area contributed by atoms with Crippen molar-refractivity contribution < 1.29 is 14.3 Å². The summed E-state index contributed by atoms with van der Waals surface area (Å²) >= 11 is 0. The molecule has 0 bridgehead atoms. The number of unbranched alkanes of at least 4 members (excludes halogenated alkanes) is 1. The lowest BCUT2D eigenvalue weighted by Crippen LogP contribution is -2.09. The highest BCUT2D eigenvalue weighted by Crippen LogP contribution is 2.22. The smallest absolute Gasteiger partial charge is 0.159 e. The van der Waals surface area contributed by atoms with Gasteiger partial charge in [-0.15, -0.1) is 0 Å². The van der Waals surface area contributed by atoms with Crippen LogP contribution in [0.25, 0.3) is 0 Å². The fourth-order valence-electron chi connectivity index (χ4n) is 2.34. The lowest BCUT2D eigenvalue weighted by Gasteiger charge is -2.16. The molecule has 0 spiro atoms. The highest BCUT2D eigenvalue weighted by molar-refractivity contribution is 5.94. The lowest BCUT2D eigenvalue weighted by atomic mass is 10.0. The lowest BCUT2D eigenvalue weighted by molar-refractivity contribution is 0.0806. The van der Waals surface area contributed by atoms with Crippen molar-refractivity contribution in [3.63, 3.8) is 0 Å². The first-order valence-corrected chi connectivity index (χ1v) is 7.87. The summed E-state index contributed by atoms with van der Waals surface area (Å²) in [7, 11) is 1.64. The first kappa shape index (κ1) is 17.7. The molecule has 0 amide bonds. The Bertz CT molecular complexity index is 440. The SMILES string of the molecule is CCCCC(CC)COCc1cc(C(C)=O)ccc1OC. The highest BCUT2D eigenvalue weighted by atomic mass is 16.5. The third kappa shape index (κ3) is 5.88. The Morgan fingerprint density at radius 1 is 1.29 bits per heavy atom. The van der Waals surface area contributed by atoms with Gasteiger partial charge in [0, 0.05) is 17.7 Å². The van der Waals surface area contributed by atoms with Crippen LogP contribution in [0.2, 0.25) is 0 Å². The van der Waals surface area contributed by atoms with Gasteiger partial charge in [-0.2, -0.15) is 0 Å². The molecule has 0 N–H and O–H groups in total. The van der Waals surface area contributed by atoms with Crippen LogP contribution in [0, 0.1) is 5.92 Å². The first-order valence-electron chi connectivity index (χ1n) is 7.87. The van der Waals surface area contributed by atoms with Gasteiger partial charge >= 0.3 is 0 Å². The second-order valence-electron chi connectivity index (χ2n) is 5.51. The molecule has 0 aliphatic rings. The van der Waals surface area contributed by atoms with Crippen molar-refractivity contribution in [2.24, 2.45) is 5.92 Å². The van der Waals surface area contributed by atoms with Crippen LogP contribution in [-0.4, -0.2) is 19.5 Å². The summed E-state index contributed by atoms with van der Waals surface area (Å²) in [6.45, 7) is 7.26. The van der Waals surface area contributed by atoms with E-state index in [0.717, 1.165) is 24.3 Å². The molecular formula is C18H28O3. The van der Waals surface area contributed by atoms with Crippen molar-refractivity contribution in [3.05, 3.63) is 29.3 Å². The molecule has 1 atom stereocenters. The number of carbonyl (C=O) groups excluding carboxylic acids is 1. The summed E-state index contributed by atoms with van der Waals surface area (Å²) in [5.74, 6) is 1.46. The zero-order chi connectivity index (χ0) is 15.7. The fraction of sp³-hybridized carbons (Fsp3) is 0.611. The van der Waals surface area contributed by atoms with Crippen molar-refractivity contribution in [3.8, 4) is 5.75 Å². The minimum absolute atomic E-state index is 0.0632. The Morgan fingerprint density at radius 2 is 2.05 bits per heavy atom. The van der Waals surface area contributed by atoms with Crippen LogP contribution >= 0.6 is 0 Å². The van der Waals surface area contributed by atoms with Crippen LogP contribution in [0.5, 0.6) is 5.75 Å². The van der Waals surface area contributed by atoms with E-state index in [-0.39, 0.29) is 5.78 Å². The molecule has 0 fully saturated rings. The highest BCUT2D eigenvalue weighted by Gasteiger charge is 2.10. The van der Waals surface area contributed by atoms with Gasteiger partial charge in [-0.3, -0.25) is 4.79 Å². The van der Waals surface area contributed by atoms with Gasteiger partial charge in [0.25, 0.3) is 0 Å². The molecule has 3 nitrogen and oxygen atoms in total. The normalized spacial score (nSPS) is 12.2. The van der Waals surface area contributed by atoms with E-state index in [1.54, 1.807) is 20.1 Å². The van der Waals surface area contributed by atoms with E-state index in [0.29, 0.717) is 18.1 Å². The van der Waals surface area contributed by atoms with Crippen molar-refractivity contribution in [2.45, 2.75) is 53.1 Å². The molecule has 0 saturated carbocycles. The summed E-state index contributed by atoms with van der Waals surface area (Å²) in [5, 5.41) is 0. The summed E-state index contributed by atoms with van der Waals surface area (Å²) in [6, 6.07) is 5.50. The molecule has 21 heavy (non-hydrogen) atoms. The van der Waals surface area contributed by atoms with Gasteiger partial charge in [0.15, 0.2) is 5.78 Å². The van der Waals surface area contributed by atoms with Gasteiger partial charge in [0.2, 0.25) is 0 Å². The average Bonchev–Trinajstić information content (AvgIpc) is 2.50. The second-order valence-corrected chi connectivity index (χ2v) is 5.51. The number of hydrogen-bond acceptors (Lipinski definition) is 3. The summed E-state index contributed by atoms with van der Waals surface area (Å²) in [5.41, 5.74) is 1.64. The van der Waals surface area contributed by atoms with E-state index >= 15 is 0 Å². The molecule has 0 heterocycles. The largest absolute Gasteiger partial charge is 0.496 e. The third-order valence-electron chi connectivity index (χ3n) is 3.84. The minimum Gasteiger partial charge on any atom is -0.496 e. The maximum Gasteiger partial charge on any atom is 0.159 e. The Labute approximate surface area is 128 Å². The first-order chi connectivity index (χ1) is 10.1. The number of Topliss-reactive ketones (excluding diaryl/α,β-unsaturated/α-hetero) is 1. The summed E-state index contributed by atoms with van der Waals surface area (Å²) in [4.78, 5) is 11.5. The van der Waals surface area contributed by atoms with Crippen molar-refractivity contribution in [1.29, 1.82) is 0 Å². The molecule has 1 aromatic rings.